The van der Waals surface area contributed by atoms with Crippen LogP contribution in [0.1, 0.15) is 27.0 Å². The Morgan fingerprint density at radius 2 is 1.96 bits per heavy atom. The summed E-state index contributed by atoms with van der Waals surface area (Å²) in [5.74, 6) is 0.584. The number of thiazole rings is 1. The average molecular weight is 349 g/mol. The highest BCUT2D eigenvalue weighted by Gasteiger charge is 2.19. The molecule has 1 amide bonds. The molecule has 0 spiro atoms. The molecule has 1 atom stereocenters. The van der Waals surface area contributed by atoms with Gasteiger partial charge in [-0.05, 0) is 38.7 Å². The molecule has 7 heteroatoms. The summed E-state index contributed by atoms with van der Waals surface area (Å²) in [5.41, 5.74) is 1.77. The molecule has 0 fully saturated rings. The number of nitrogens with zero attached hydrogens (tertiary/aromatic N) is 2. The van der Waals surface area contributed by atoms with Gasteiger partial charge in [0, 0.05) is 19.3 Å². The number of nitrogens with one attached hydrogen (secondary N) is 1. The molecular weight excluding hydrogens is 326 g/mol. The van der Waals surface area contributed by atoms with E-state index in [9.17, 15) is 9.59 Å². The van der Waals surface area contributed by atoms with Crippen molar-refractivity contribution in [3.63, 3.8) is 0 Å². The Morgan fingerprint density at radius 3 is 2.42 bits per heavy atom. The summed E-state index contributed by atoms with van der Waals surface area (Å²) in [4.78, 5) is 26.5. The van der Waals surface area contributed by atoms with E-state index in [1.807, 2.05) is 43.3 Å². The molecule has 0 saturated carbocycles. The molecule has 0 bridgehead atoms. The highest BCUT2D eigenvalue weighted by molar-refractivity contribution is 7.11. The van der Waals surface area contributed by atoms with Crippen molar-refractivity contribution in [3.8, 4) is 5.75 Å². The average Bonchev–Trinajstić information content (AvgIpc) is 2.82. The predicted molar refractivity (Wildman–Crippen MR) is 96.1 cm³/mol. The summed E-state index contributed by atoms with van der Waals surface area (Å²) in [7, 11) is 7.23. The number of likely N-dealkylation sites (N-methyl/N-ethyl adjacent to an activating group) is 1. The molecule has 0 aliphatic heterocycles. The molecule has 130 valence electrons. The second-order valence-corrected chi connectivity index (χ2v) is 6.77. The van der Waals surface area contributed by atoms with Gasteiger partial charge in [-0.15, -0.1) is 0 Å². The number of methoxy groups -OCH3 is 1. The second kappa shape index (κ2) is 7.63. The van der Waals surface area contributed by atoms with Gasteiger partial charge < -0.3 is 19.5 Å². The van der Waals surface area contributed by atoms with Crippen LogP contribution < -0.4 is 14.9 Å². The first-order valence-corrected chi connectivity index (χ1v) is 8.41. The van der Waals surface area contributed by atoms with E-state index < -0.39 is 0 Å². The molecule has 0 aliphatic carbocycles. The van der Waals surface area contributed by atoms with Crippen molar-refractivity contribution < 1.29 is 9.53 Å². The lowest BCUT2D eigenvalue weighted by Crippen LogP contribution is -2.34. The van der Waals surface area contributed by atoms with Crippen molar-refractivity contribution in [1.82, 2.24) is 14.8 Å². The lowest BCUT2D eigenvalue weighted by Gasteiger charge is -2.25. The van der Waals surface area contributed by atoms with Crippen molar-refractivity contribution in [2.75, 3.05) is 27.7 Å². The third-order valence-corrected chi connectivity index (χ3v) is 5.21. The summed E-state index contributed by atoms with van der Waals surface area (Å²) < 4.78 is 6.67. The minimum Gasteiger partial charge on any atom is -0.497 e. The highest BCUT2D eigenvalue weighted by atomic mass is 32.1. The van der Waals surface area contributed by atoms with Crippen molar-refractivity contribution in [3.05, 3.63) is 50.1 Å². The van der Waals surface area contributed by atoms with Crippen LogP contribution in [0.4, 0.5) is 0 Å². The third-order valence-electron chi connectivity index (χ3n) is 4.08. The predicted octanol–water partition coefficient (Wildman–Crippen LogP) is 1.80. The van der Waals surface area contributed by atoms with Gasteiger partial charge in [0.2, 0.25) is 0 Å². The van der Waals surface area contributed by atoms with Gasteiger partial charge in [0.25, 0.3) is 5.91 Å². The van der Waals surface area contributed by atoms with Crippen LogP contribution in [0.5, 0.6) is 5.75 Å². The van der Waals surface area contributed by atoms with Crippen LogP contribution in [-0.2, 0) is 7.05 Å². The lowest BCUT2D eigenvalue weighted by molar-refractivity contribution is 0.0945. The van der Waals surface area contributed by atoms with Crippen molar-refractivity contribution >= 4 is 17.2 Å². The minimum atomic E-state index is -0.212. The van der Waals surface area contributed by atoms with Gasteiger partial charge in [-0.2, -0.15) is 0 Å². The number of carbonyl (C=O) groups excluding carboxylic acids is 1. The fourth-order valence-corrected chi connectivity index (χ4v) is 3.32. The zero-order valence-electron chi connectivity index (χ0n) is 14.6. The van der Waals surface area contributed by atoms with Crippen LogP contribution in [0, 0.1) is 6.92 Å². The van der Waals surface area contributed by atoms with Crippen molar-refractivity contribution in [2.45, 2.75) is 13.0 Å². The Kier molecular flexibility index (Phi) is 5.80. The van der Waals surface area contributed by atoms with E-state index >= 15 is 0 Å². The summed E-state index contributed by atoms with van der Waals surface area (Å²) in [5, 5.41) is 2.94. The summed E-state index contributed by atoms with van der Waals surface area (Å²) in [6.45, 7) is 2.23. The first-order chi connectivity index (χ1) is 11.3. The lowest BCUT2D eigenvalue weighted by atomic mass is 10.1. The normalized spacial score (nSPS) is 12.2. The van der Waals surface area contributed by atoms with Crippen molar-refractivity contribution in [1.29, 1.82) is 0 Å². The van der Waals surface area contributed by atoms with Crippen LogP contribution in [0.15, 0.2) is 29.1 Å². The fourth-order valence-electron chi connectivity index (χ4n) is 2.42. The quantitative estimate of drug-likeness (QED) is 0.864. The smallest absolute Gasteiger partial charge is 0.307 e. The standard InChI is InChI=1S/C17H23N3O3S/c1-11-15(24-17(22)20(11)4)16(21)18-10-14(19(2)3)12-6-8-13(23-5)9-7-12/h6-9,14H,10H2,1-5H3,(H,18,21). The van der Waals surface area contributed by atoms with Crippen LogP contribution in [0.2, 0.25) is 0 Å². The molecule has 2 aromatic rings. The molecule has 1 heterocycles. The van der Waals surface area contributed by atoms with Gasteiger partial charge in [-0.3, -0.25) is 9.59 Å². The molecule has 2 rings (SSSR count). The van der Waals surface area contributed by atoms with Gasteiger partial charge in [0.05, 0.1) is 13.2 Å². The minimum absolute atomic E-state index is 0.0283. The summed E-state index contributed by atoms with van der Waals surface area (Å²) >= 11 is 0.975. The third kappa shape index (κ3) is 3.85. The second-order valence-electron chi connectivity index (χ2n) is 5.80. The van der Waals surface area contributed by atoms with Crippen LogP contribution >= 0.6 is 11.3 Å². The number of ether oxygens (including phenoxy) is 1. The van der Waals surface area contributed by atoms with E-state index in [4.69, 9.17) is 4.74 Å². The topological polar surface area (TPSA) is 63.6 Å². The zero-order chi connectivity index (χ0) is 17.9. The molecule has 24 heavy (non-hydrogen) atoms. The molecule has 1 aromatic heterocycles. The highest BCUT2D eigenvalue weighted by Crippen LogP contribution is 2.21. The number of carbonyl (C=O) groups is 1. The van der Waals surface area contributed by atoms with E-state index in [1.165, 1.54) is 4.57 Å². The molecule has 1 aromatic carbocycles. The Balaban J connectivity index is 2.12. The van der Waals surface area contributed by atoms with Gasteiger partial charge in [0.1, 0.15) is 10.6 Å². The van der Waals surface area contributed by atoms with Crippen LogP contribution in [-0.4, -0.2) is 43.1 Å². The fraction of sp³-hybridized carbons (Fsp3) is 0.412. The molecule has 6 nitrogen and oxygen atoms in total. The van der Waals surface area contributed by atoms with Crippen molar-refractivity contribution in [2.24, 2.45) is 7.05 Å². The maximum atomic E-state index is 12.4. The Hall–Kier alpha value is -2.12. The number of rotatable bonds is 6. The number of aromatic nitrogens is 1. The number of hydrogen-bond acceptors (Lipinski definition) is 5. The Morgan fingerprint density at radius 1 is 1.33 bits per heavy atom. The molecule has 1 unspecified atom stereocenters. The number of benzene rings is 1. The van der Waals surface area contributed by atoms with Gasteiger partial charge in [-0.1, -0.05) is 23.5 Å². The number of hydrogen-bond donors (Lipinski definition) is 1. The molecular formula is C17H23N3O3S. The Bertz CT molecular complexity index is 762. The molecule has 0 aliphatic rings. The largest absolute Gasteiger partial charge is 0.497 e. The van der Waals surface area contributed by atoms with E-state index in [0.717, 1.165) is 22.6 Å². The number of amides is 1. The first kappa shape index (κ1) is 18.2. The summed E-state index contributed by atoms with van der Waals surface area (Å²) in [6, 6.07) is 7.81. The Labute approximate surface area is 145 Å². The SMILES string of the molecule is COc1ccc(C(CNC(=O)c2sc(=O)n(C)c2C)N(C)C)cc1. The van der Waals surface area contributed by atoms with Gasteiger partial charge >= 0.3 is 4.87 Å². The molecule has 0 radical (unpaired) electrons. The first-order valence-electron chi connectivity index (χ1n) is 7.60. The maximum Gasteiger partial charge on any atom is 0.307 e. The van der Waals surface area contributed by atoms with Crippen LogP contribution in [0.25, 0.3) is 0 Å². The van der Waals surface area contributed by atoms with E-state index in [1.54, 1.807) is 21.1 Å². The van der Waals surface area contributed by atoms with E-state index in [0.29, 0.717) is 17.1 Å². The zero-order valence-corrected chi connectivity index (χ0v) is 15.4. The van der Waals surface area contributed by atoms with Gasteiger partial charge in [-0.25, -0.2) is 0 Å². The molecule has 0 saturated heterocycles. The van der Waals surface area contributed by atoms with E-state index in [-0.39, 0.29) is 16.8 Å². The van der Waals surface area contributed by atoms with E-state index in [2.05, 4.69) is 5.32 Å². The summed E-state index contributed by atoms with van der Waals surface area (Å²) in [6.07, 6.45) is 0. The monoisotopic (exact) mass is 349 g/mol. The van der Waals surface area contributed by atoms with Crippen LogP contribution in [0.3, 0.4) is 0 Å². The van der Waals surface area contributed by atoms with Gasteiger partial charge in [0.15, 0.2) is 0 Å². The maximum absolute atomic E-state index is 12.4. The molecule has 1 N–H and O–H groups in total.